The summed E-state index contributed by atoms with van der Waals surface area (Å²) in [6, 6.07) is 0.664. The van der Waals surface area contributed by atoms with Gasteiger partial charge in [-0.25, -0.2) is 0 Å². The lowest BCUT2D eigenvalue weighted by molar-refractivity contribution is 0.0751. The minimum atomic E-state index is 0.297. The molecule has 102 valence electrons. The van der Waals surface area contributed by atoms with Crippen LogP contribution >= 0.6 is 0 Å². The Morgan fingerprint density at radius 1 is 1.24 bits per heavy atom. The second-order valence-corrected chi connectivity index (χ2v) is 5.26. The molecule has 0 amide bonds. The molecule has 0 radical (unpaired) electrons. The van der Waals surface area contributed by atoms with Gasteiger partial charge in [-0.1, -0.05) is 13.8 Å². The van der Waals surface area contributed by atoms with E-state index in [1.807, 2.05) is 0 Å². The lowest BCUT2D eigenvalue weighted by Gasteiger charge is -2.39. The van der Waals surface area contributed by atoms with E-state index in [0.29, 0.717) is 18.6 Å². The highest BCUT2D eigenvalue weighted by molar-refractivity contribution is 4.78. The van der Waals surface area contributed by atoms with Crippen LogP contribution in [0.5, 0.6) is 0 Å². The summed E-state index contributed by atoms with van der Waals surface area (Å²) >= 11 is 0. The Morgan fingerprint density at radius 2 is 1.88 bits per heavy atom. The molecule has 1 heterocycles. The van der Waals surface area contributed by atoms with Crippen molar-refractivity contribution in [3.8, 4) is 0 Å². The van der Waals surface area contributed by atoms with Gasteiger partial charge in [0.1, 0.15) is 0 Å². The van der Waals surface area contributed by atoms with E-state index in [1.54, 1.807) is 0 Å². The third-order valence-electron chi connectivity index (χ3n) is 3.78. The number of rotatable bonds is 7. The molecule has 17 heavy (non-hydrogen) atoms. The first-order chi connectivity index (χ1) is 8.21. The highest BCUT2D eigenvalue weighted by Gasteiger charge is 2.22. The molecule has 1 fully saturated rings. The highest BCUT2D eigenvalue weighted by Crippen LogP contribution is 2.12. The third-order valence-corrected chi connectivity index (χ3v) is 3.78. The molecule has 0 aromatic heterocycles. The van der Waals surface area contributed by atoms with Crippen molar-refractivity contribution in [2.75, 3.05) is 45.9 Å². The molecule has 1 rings (SSSR count). The maximum atomic E-state index is 9.06. The normalized spacial score (nSPS) is 22.6. The van der Waals surface area contributed by atoms with Gasteiger partial charge in [-0.15, -0.1) is 0 Å². The number of hydrogen-bond acceptors (Lipinski definition) is 4. The zero-order valence-electron chi connectivity index (χ0n) is 11.4. The Labute approximate surface area is 106 Å². The topological polar surface area (TPSA) is 52.7 Å². The predicted octanol–water partition coefficient (Wildman–Crippen LogP) is 0.360. The van der Waals surface area contributed by atoms with Gasteiger partial charge in [-0.05, 0) is 25.3 Å². The predicted molar refractivity (Wildman–Crippen MR) is 72.0 cm³/mol. The van der Waals surface area contributed by atoms with Crippen LogP contribution in [0.1, 0.15) is 26.7 Å². The standard InChI is InChI=1S/C13H29N3O/c1-3-13(4-5-14)16-8-6-15(7-9-16)10-12(2)11-17/h12-13,17H,3-11,14H2,1-2H3. The van der Waals surface area contributed by atoms with Crippen molar-refractivity contribution in [3.05, 3.63) is 0 Å². The molecular weight excluding hydrogens is 214 g/mol. The largest absolute Gasteiger partial charge is 0.396 e. The van der Waals surface area contributed by atoms with E-state index in [4.69, 9.17) is 10.8 Å². The van der Waals surface area contributed by atoms with Gasteiger partial charge in [0.05, 0.1) is 0 Å². The molecule has 0 bridgehead atoms. The van der Waals surface area contributed by atoms with E-state index in [1.165, 1.54) is 6.42 Å². The Bertz CT molecular complexity index is 193. The zero-order valence-corrected chi connectivity index (χ0v) is 11.4. The van der Waals surface area contributed by atoms with Crippen molar-refractivity contribution < 1.29 is 5.11 Å². The molecule has 3 N–H and O–H groups in total. The van der Waals surface area contributed by atoms with Gasteiger partial charge in [-0.3, -0.25) is 4.90 Å². The van der Waals surface area contributed by atoms with Gasteiger partial charge in [-0.2, -0.15) is 0 Å². The Balaban J connectivity index is 2.29. The molecular formula is C13H29N3O. The molecule has 0 spiro atoms. The van der Waals surface area contributed by atoms with E-state index in [2.05, 4.69) is 23.6 Å². The number of aliphatic hydroxyl groups excluding tert-OH is 1. The van der Waals surface area contributed by atoms with E-state index >= 15 is 0 Å². The van der Waals surface area contributed by atoms with Crippen LogP contribution in [0.25, 0.3) is 0 Å². The van der Waals surface area contributed by atoms with Crippen molar-refractivity contribution in [3.63, 3.8) is 0 Å². The van der Waals surface area contributed by atoms with Gasteiger partial charge in [0.15, 0.2) is 0 Å². The molecule has 0 saturated carbocycles. The van der Waals surface area contributed by atoms with Crippen LogP contribution in [-0.4, -0.2) is 66.8 Å². The number of aliphatic hydroxyl groups is 1. The quantitative estimate of drug-likeness (QED) is 0.678. The summed E-state index contributed by atoms with van der Waals surface area (Å²) in [7, 11) is 0. The van der Waals surface area contributed by atoms with Gasteiger partial charge < -0.3 is 15.7 Å². The molecule has 4 heteroatoms. The van der Waals surface area contributed by atoms with E-state index in [9.17, 15) is 0 Å². The monoisotopic (exact) mass is 243 g/mol. The van der Waals surface area contributed by atoms with Crippen LogP contribution in [0.4, 0.5) is 0 Å². The van der Waals surface area contributed by atoms with Crippen LogP contribution in [0.3, 0.4) is 0 Å². The van der Waals surface area contributed by atoms with Crippen molar-refractivity contribution in [2.24, 2.45) is 11.7 Å². The molecule has 2 unspecified atom stereocenters. The molecule has 0 aliphatic carbocycles. The summed E-state index contributed by atoms with van der Waals surface area (Å²) in [6.07, 6.45) is 2.31. The van der Waals surface area contributed by atoms with Crippen molar-refractivity contribution in [2.45, 2.75) is 32.7 Å². The molecule has 4 nitrogen and oxygen atoms in total. The number of nitrogens with zero attached hydrogens (tertiary/aromatic N) is 2. The fourth-order valence-electron chi connectivity index (χ4n) is 2.65. The average molecular weight is 243 g/mol. The van der Waals surface area contributed by atoms with Crippen LogP contribution in [-0.2, 0) is 0 Å². The fourth-order valence-corrected chi connectivity index (χ4v) is 2.65. The summed E-state index contributed by atoms with van der Waals surface area (Å²) in [6.45, 7) is 11.0. The Kier molecular flexibility index (Phi) is 7.04. The van der Waals surface area contributed by atoms with Crippen LogP contribution in [0, 0.1) is 5.92 Å². The van der Waals surface area contributed by atoms with E-state index in [-0.39, 0.29) is 0 Å². The molecule has 0 aromatic rings. The lowest BCUT2D eigenvalue weighted by Crippen LogP contribution is -2.51. The molecule has 2 atom stereocenters. The summed E-state index contributed by atoms with van der Waals surface area (Å²) in [5, 5.41) is 9.06. The highest BCUT2D eigenvalue weighted by atomic mass is 16.3. The van der Waals surface area contributed by atoms with Gasteiger partial charge in [0.25, 0.3) is 0 Å². The summed E-state index contributed by atoms with van der Waals surface area (Å²) in [4.78, 5) is 5.04. The first-order valence-corrected chi connectivity index (χ1v) is 6.98. The van der Waals surface area contributed by atoms with Crippen LogP contribution in [0.2, 0.25) is 0 Å². The first kappa shape index (κ1) is 14.9. The van der Waals surface area contributed by atoms with Crippen molar-refractivity contribution >= 4 is 0 Å². The lowest BCUT2D eigenvalue weighted by atomic mass is 10.1. The second kappa shape index (κ2) is 8.03. The van der Waals surface area contributed by atoms with Crippen LogP contribution in [0.15, 0.2) is 0 Å². The molecule has 0 aromatic carbocycles. The molecule has 1 aliphatic rings. The van der Waals surface area contributed by atoms with E-state index in [0.717, 1.165) is 45.7 Å². The molecule has 1 saturated heterocycles. The number of piperazine rings is 1. The second-order valence-electron chi connectivity index (χ2n) is 5.26. The smallest absolute Gasteiger partial charge is 0.0468 e. The average Bonchev–Trinajstić information content (AvgIpc) is 2.37. The van der Waals surface area contributed by atoms with Gasteiger partial charge in [0.2, 0.25) is 0 Å². The first-order valence-electron chi connectivity index (χ1n) is 6.98. The van der Waals surface area contributed by atoms with Gasteiger partial charge in [0, 0.05) is 45.4 Å². The summed E-state index contributed by atoms with van der Waals surface area (Å²) < 4.78 is 0. The molecule has 1 aliphatic heterocycles. The maximum absolute atomic E-state index is 9.06. The minimum absolute atomic E-state index is 0.297. The number of nitrogens with two attached hydrogens (primary N) is 1. The minimum Gasteiger partial charge on any atom is -0.396 e. The fraction of sp³-hybridized carbons (Fsp3) is 1.00. The van der Waals surface area contributed by atoms with Crippen molar-refractivity contribution in [1.29, 1.82) is 0 Å². The SMILES string of the molecule is CCC(CCN)N1CCN(CC(C)CO)CC1. The van der Waals surface area contributed by atoms with Crippen LogP contribution < -0.4 is 5.73 Å². The maximum Gasteiger partial charge on any atom is 0.0468 e. The Morgan fingerprint density at radius 3 is 2.35 bits per heavy atom. The summed E-state index contributed by atoms with van der Waals surface area (Å²) in [5.41, 5.74) is 5.66. The number of hydrogen-bond donors (Lipinski definition) is 2. The van der Waals surface area contributed by atoms with Gasteiger partial charge >= 0.3 is 0 Å². The van der Waals surface area contributed by atoms with E-state index < -0.39 is 0 Å². The zero-order chi connectivity index (χ0) is 12.7. The Hall–Kier alpha value is -0.160. The third kappa shape index (κ3) is 4.92. The van der Waals surface area contributed by atoms with Crippen molar-refractivity contribution in [1.82, 2.24) is 9.80 Å². The summed E-state index contributed by atoms with van der Waals surface area (Å²) in [5.74, 6) is 0.396.